The van der Waals surface area contributed by atoms with Gasteiger partial charge in [0.1, 0.15) is 5.78 Å². The Balaban J connectivity index is 1.92. The maximum atomic E-state index is 12.0. The largest absolute Gasteiger partial charge is 0.328 e. The van der Waals surface area contributed by atoms with Crippen LogP contribution >= 0.6 is 11.3 Å². The van der Waals surface area contributed by atoms with E-state index in [1.165, 1.54) is 0 Å². The molecule has 0 amide bonds. The lowest BCUT2D eigenvalue weighted by atomic mass is 9.82. The van der Waals surface area contributed by atoms with Crippen LogP contribution in [0.5, 0.6) is 0 Å². The second-order valence-electron chi connectivity index (χ2n) is 4.62. The molecule has 1 heterocycles. The maximum Gasteiger partial charge on any atom is 0.141 e. The molecule has 0 aromatic carbocycles. The van der Waals surface area contributed by atoms with Crippen LogP contribution in [0.1, 0.15) is 36.4 Å². The van der Waals surface area contributed by atoms with E-state index in [1.807, 2.05) is 12.3 Å². The van der Waals surface area contributed by atoms with Gasteiger partial charge in [-0.15, -0.1) is 11.3 Å². The van der Waals surface area contributed by atoms with Gasteiger partial charge in [0.2, 0.25) is 0 Å². The standard InChI is InChI=1S/C12H18N2OS/c1-8-14-11(7-16-8)6-12(15)9-3-2-4-10(13)5-9/h7,9-10H,2-6,13H2,1H3. The van der Waals surface area contributed by atoms with E-state index in [-0.39, 0.29) is 12.0 Å². The number of nitrogens with zero attached hydrogens (tertiary/aromatic N) is 1. The average Bonchev–Trinajstić information content (AvgIpc) is 2.64. The quantitative estimate of drug-likeness (QED) is 0.877. The first-order chi connectivity index (χ1) is 7.65. The predicted octanol–water partition coefficient (Wildman–Crippen LogP) is 2.08. The van der Waals surface area contributed by atoms with Crippen LogP contribution in [0.4, 0.5) is 0 Å². The Hall–Kier alpha value is -0.740. The molecule has 1 aliphatic rings. The first-order valence-corrected chi connectivity index (χ1v) is 6.72. The minimum absolute atomic E-state index is 0.172. The van der Waals surface area contributed by atoms with Gasteiger partial charge in [-0.05, 0) is 26.2 Å². The molecule has 2 unspecified atom stereocenters. The Kier molecular flexibility index (Phi) is 3.71. The fourth-order valence-corrected chi connectivity index (χ4v) is 2.94. The molecule has 2 rings (SSSR count). The van der Waals surface area contributed by atoms with Crippen molar-refractivity contribution in [3.8, 4) is 0 Å². The van der Waals surface area contributed by atoms with Gasteiger partial charge in [-0.25, -0.2) is 4.98 Å². The highest BCUT2D eigenvalue weighted by molar-refractivity contribution is 7.09. The van der Waals surface area contributed by atoms with Gasteiger partial charge in [0.25, 0.3) is 0 Å². The van der Waals surface area contributed by atoms with E-state index in [0.717, 1.165) is 36.4 Å². The summed E-state index contributed by atoms with van der Waals surface area (Å²) in [5.74, 6) is 0.492. The Labute approximate surface area is 100 Å². The number of Topliss-reactive ketones (excluding diaryl/α,β-unsaturated/α-hetero) is 1. The van der Waals surface area contributed by atoms with Crippen molar-refractivity contribution in [3.05, 3.63) is 16.1 Å². The van der Waals surface area contributed by atoms with Crippen molar-refractivity contribution in [3.63, 3.8) is 0 Å². The first kappa shape index (κ1) is 11.7. The van der Waals surface area contributed by atoms with Crippen molar-refractivity contribution in [2.24, 2.45) is 11.7 Å². The topological polar surface area (TPSA) is 56.0 Å². The number of carbonyl (C=O) groups is 1. The molecule has 88 valence electrons. The molecule has 1 fully saturated rings. The molecule has 0 saturated heterocycles. The van der Waals surface area contributed by atoms with Crippen molar-refractivity contribution in [2.75, 3.05) is 0 Å². The predicted molar refractivity (Wildman–Crippen MR) is 65.5 cm³/mol. The van der Waals surface area contributed by atoms with Gasteiger partial charge in [-0.2, -0.15) is 0 Å². The number of hydrogen-bond donors (Lipinski definition) is 1. The molecular weight excluding hydrogens is 220 g/mol. The number of carbonyl (C=O) groups excluding carboxylic acids is 1. The van der Waals surface area contributed by atoms with Crippen molar-refractivity contribution in [2.45, 2.75) is 45.1 Å². The third-order valence-corrected chi connectivity index (χ3v) is 4.01. The first-order valence-electron chi connectivity index (χ1n) is 5.84. The second-order valence-corrected chi connectivity index (χ2v) is 5.69. The normalized spacial score (nSPS) is 25.6. The van der Waals surface area contributed by atoms with Crippen LogP contribution in [-0.2, 0) is 11.2 Å². The van der Waals surface area contributed by atoms with Gasteiger partial charge < -0.3 is 5.73 Å². The van der Waals surface area contributed by atoms with Gasteiger partial charge >= 0.3 is 0 Å². The fourth-order valence-electron chi connectivity index (χ4n) is 2.33. The van der Waals surface area contributed by atoms with Gasteiger partial charge in [0, 0.05) is 23.8 Å². The van der Waals surface area contributed by atoms with E-state index in [9.17, 15) is 4.79 Å². The molecular formula is C12H18N2OS. The summed E-state index contributed by atoms with van der Waals surface area (Å²) in [6.45, 7) is 1.97. The Bertz CT molecular complexity index is 375. The van der Waals surface area contributed by atoms with Gasteiger partial charge in [0.05, 0.1) is 10.7 Å². The van der Waals surface area contributed by atoms with Crippen LogP contribution < -0.4 is 5.73 Å². The summed E-state index contributed by atoms with van der Waals surface area (Å²) in [4.78, 5) is 16.4. The van der Waals surface area contributed by atoms with E-state index in [2.05, 4.69) is 4.98 Å². The minimum Gasteiger partial charge on any atom is -0.328 e. The molecule has 2 atom stereocenters. The molecule has 0 aliphatic heterocycles. The van der Waals surface area contributed by atoms with E-state index in [0.29, 0.717) is 12.2 Å². The number of hydrogen-bond acceptors (Lipinski definition) is 4. The Morgan fingerprint density at radius 1 is 1.62 bits per heavy atom. The number of thiazole rings is 1. The van der Waals surface area contributed by atoms with Crippen LogP contribution in [0.2, 0.25) is 0 Å². The number of aromatic nitrogens is 1. The van der Waals surface area contributed by atoms with Crippen LogP contribution in [-0.4, -0.2) is 16.8 Å². The van der Waals surface area contributed by atoms with E-state index < -0.39 is 0 Å². The van der Waals surface area contributed by atoms with E-state index in [1.54, 1.807) is 11.3 Å². The molecule has 1 aromatic rings. The van der Waals surface area contributed by atoms with Crippen molar-refractivity contribution < 1.29 is 4.79 Å². The third-order valence-electron chi connectivity index (χ3n) is 3.19. The highest BCUT2D eigenvalue weighted by atomic mass is 32.1. The monoisotopic (exact) mass is 238 g/mol. The molecule has 1 aromatic heterocycles. The molecule has 4 heteroatoms. The SMILES string of the molecule is Cc1nc(CC(=O)C2CCCC(N)C2)cs1. The lowest BCUT2D eigenvalue weighted by molar-refractivity contribution is -0.123. The summed E-state index contributed by atoms with van der Waals surface area (Å²) in [7, 11) is 0. The fraction of sp³-hybridized carbons (Fsp3) is 0.667. The number of nitrogens with two attached hydrogens (primary N) is 1. The molecule has 1 aliphatic carbocycles. The Morgan fingerprint density at radius 3 is 3.06 bits per heavy atom. The Morgan fingerprint density at radius 2 is 2.44 bits per heavy atom. The van der Waals surface area contributed by atoms with E-state index >= 15 is 0 Å². The molecule has 16 heavy (non-hydrogen) atoms. The lowest BCUT2D eigenvalue weighted by Gasteiger charge is -2.25. The second kappa shape index (κ2) is 5.06. The zero-order valence-corrected chi connectivity index (χ0v) is 10.4. The third kappa shape index (κ3) is 2.89. The minimum atomic E-state index is 0.172. The van der Waals surface area contributed by atoms with Crippen molar-refractivity contribution in [1.29, 1.82) is 0 Å². The molecule has 0 spiro atoms. The number of ketones is 1. The molecule has 2 N–H and O–H groups in total. The van der Waals surface area contributed by atoms with Crippen LogP contribution in [0.3, 0.4) is 0 Å². The molecule has 1 saturated carbocycles. The molecule has 3 nitrogen and oxygen atoms in total. The van der Waals surface area contributed by atoms with Gasteiger partial charge in [-0.1, -0.05) is 6.42 Å². The van der Waals surface area contributed by atoms with Crippen LogP contribution in [0.25, 0.3) is 0 Å². The smallest absolute Gasteiger partial charge is 0.141 e. The zero-order chi connectivity index (χ0) is 11.5. The summed E-state index contributed by atoms with van der Waals surface area (Å²) in [6, 6.07) is 0.222. The van der Waals surface area contributed by atoms with Crippen LogP contribution in [0.15, 0.2) is 5.38 Å². The summed E-state index contributed by atoms with van der Waals surface area (Å²) in [6.07, 6.45) is 4.52. The molecule has 0 bridgehead atoms. The van der Waals surface area contributed by atoms with E-state index in [4.69, 9.17) is 5.73 Å². The summed E-state index contributed by atoms with van der Waals surface area (Å²) in [5.41, 5.74) is 6.82. The van der Waals surface area contributed by atoms with Gasteiger partial charge in [0.15, 0.2) is 0 Å². The van der Waals surface area contributed by atoms with Gasteiger partial charge in [-0.3, -0.25) is 4.79 Å². The molecule has 0 radical (unpaired) electrons. The number of rotatable bonds is 3. The average molecular weight is 238 g/mol. The highest BCUT2D eigenvalue weighted by Gasteiger charge is 2.25. The van der Waals surface area contributed by atoms with Crippen molar-refractivity contribution >= 4 is 17.1 Å². The number of aryl methyl sites for hydroxylation is 1. The highest BCUT2D eigenvalue weighted by Crippen LogP contribution is 2.25. The van der Waals surface area contributed by atoms with Crippen molar-refractivity contribution in [1.82, 2.24) is 4.98 Å². The lowest BCUT2D eigenvalue weighted by Crippen LogP contribution is -2.32. The summed E-state index contributed by atoms with van der Waals surface area (Å²) >= 11 is 1.61. The summed E-state index contributed by atoms with van der Waals surface area (Å²) in [5, 5.41) is 3.01. The zero-order valence-electron chi connectivity index (χ0n) is 9.61. The maximum absolute atomic E-state index is 12.0. The summed E-state index contributed by atoms with van der Waals surface area (Å²) < 4.78 is 0. The van der Waals surface area contributed by atoms with Crippen LogP contribution in [0, 0.1) is 12.8 Å².